The maximum Gasteiger partial charge on any atom is 0.292 e. The number of aromatic nitrogens is 2. The van der Waals surface area contributed by atoms with Crippen molar-refractivity contribution >= 4 is 35.3 Å². The van der Waals surface area contributed by atoms with Crippen LogP contribution in [0, 0.1) is 25.2 Å². The SMILES string of the molecule is Cc1cccc(-n2nc(C(=O)N/N=C/c3ccc(Cl)c(Cl)c3)c(C)c(C#N)c2=O)c1. The van der Waals surface area contributed by atoms with Gasteiger partial charge in [-0.15, -0.1) is 0 Å². The molecule has 7 nitrogen and oxygen atoms in total. The van der Waals surface area contributed by atoms with E-state index >= 15 is 0 Å². The Morgan fingerprint density at radius 2 is 1.97 bits per heavy atom. The number of nitriles is 1. The van der Waals surface area contributed by atoms with Gasteiger partial charge >= 0.3 is 0 Å². The average molecular weight is 440 g/mol. The Bertz CT molecular complexity index is 1280. The number of nitrogens with one attached hydrogen (secondary N) is 1. The van der Waals surface area contributed by atoms with E-state index in [9.17, 15) is 14.9 Å². The van der Waals surface area contributed by atoms with E-state index < -0.39 is 11.5 Å². The van der Waals surface area contributed by atoms with Crippen molar-refractivity contribution in [3.63, 3.8) is 0 Å². The fourth-order valence-electron chi connectivity index (χ4n) is 2.70. The Balaban J connectivity index is 1.96. The summed E-state index contributed by atoms with van der Waals surface area (Å²) in [6, 6.07) is 13.8. The van der Waals surface area contributed by atoms with Crippen LogP contribution in [0.4, 0.5) is 0 Å². The van der Waals surface area contributed by atoms with Crippen LogP contribution >= 0.6 is 23.2 Å². The molecule has 1 amide bonds. The van der Waals surface area contributed by atoms with Crippen LogP contribution in [0.25, 0.3) is 5.69 Å². The molecule has 1 heterocycles. The number of hydrazone groups is 1. The number of hydrogen-bond donors (Lipinski definition) is 1. The molecule has 0 aliphatic heterocycles. The highest BCUT2D eigenvalue weighted by Gasteiger charge is 2.20. The van der Waals surface area contributed by atoms with Crippen molar-refractivity contribution < 1.29 is 4.79 Å². The monoisotopic (exact) mass is 439 g/mol. The summed E-state index contributed by atoms with van der Waals surface area (Å²) in [4.78, 5) is 25.3. The van der Waals surface area contributed by atoms with E-state index in [0.717, 1.165) is 10.2 Å². The van der Waals surface area contributed by atoms with Gasteiger partial charge < -0.3 is 0 Å². The summed E-state index contributed by atoms with van der Waals surface area (Å²) in [5, 5.41) is 18.2. The van der Waals surface area contributed by atoms with Gasteiger partial charge in [0.2, 0.25) is 0 Å². The molecule has 0 aliphatic carbocycles. The van der Waals surface area contributed by atoms with Crippen LogP contribution in [-0.2, 0) is 0 Å². The summed E-state index contributed by atoms with van der Waals surface area (Å²) < 4.78 is 1.04. The number of halogens is 2. The van der Waals surface area contributed by atoms with Gasteiger partial charge in [-0.3, -0.25) is 9.59 Å². The lowest BCUT2D eigenvalue weighted by Crippen LogP contribution is -2.31. The summed E-state index contributed by atoms with van der Waals surface area (Å²) in [5.74, 6) is -0.665. The van der Waals surface area contributed by atoms with Gasteiger partial charge in [0.05, 0.1) is 21.9 Å². The summed E-state index contributed by atoms with van der Waals surface area (Å²) >= 11 is 11.8. The first-order chi connectivity index (χ1) is 14.3. The molecule has 150 valence electrons. The molecule has 3 aromatic rings. The molecule has 1 N–H and O–H groups in total. The van der Waals surface area contributed by atoms with Crippen LogP contribution in [0.3, 0.4) is 0 Å². The average Bonchev–Trinajstić information content (AvgIpc) is 2.71. The molecule has 0 unspecified atom stereocenters. The highest BCUT2D eigenvalue weighted by Crippen LogP contribution is 2.21. The standard InChI is InChI=1S/C21H15Cl2N5O2/c1-12-4-3-5-15(8-12)28-21(30)16(10-24)13(2)19(27-28)20(29)26-25-11-14-6-7-17(22)18(23)9-14/h3-9,11H,1-2H3,(H,26,29)/b25-11+. The van der Waals surface area contributed by atoms with E-state index in [1.165, 1.54) is 13.1 Å². The molecule has 0 fully saturated rings. The van der Waals surface area contributed by atoms with Gasteiger partial charge in [0.1, 0.15) is 11.6 Å². The Morgan fingerprint density at radius 1 is 1.20 bits per heavy atom. The zero-order valence-corrected chi connectivity index (χ0v) is 17.5. The van der Waals surface area contributed by atoms with E-state index in [2.05, 4.69) is 15.6 Å². The smallest absolute Gasteiger partial charge is 0.266 e. The minimum absolute atomic E-state index is 0.0843. The first-order valence-corrected chi connectivity index (χ1v) is 9.47. The second-order valence-corrected chi connectivity index (χ2v) is 7.20. The van der Waals surface area contributed by atoms with Crippen molar-refractivity contribution in [2.45, 2.75) is 13.8 Å². The van der Waals surface area contributed by atoms with E-state index in [-0.39, 0.29) is 16.8 Å². The Kier molecular flexibility index (Phi) is 6.31. The molecule has 30 heavy (non-hydrogen) atoms. The molecule has 0 spiro atoms. The number of aryl methyl sites for hydroxylation is 1. The Morgan fingerprint density at radius 3 is 2.63 bits per heavy atom. The first-order valence-electron chi connectivity index (χ1n) is 8.71. The molecule has 9 heteroatoms. The fourth-order valence-corrected chi connectivity index (χ4v) is 3.00. The number of rotatable bonds is 4. The van der Waals surface area contributed by atoms with Crippen LogP contribution in [0.15, 0.2) is 52.4 Å². The lowest BCUT2D eigenvalue weighted by molar-refractivity contribution is 0.0947. The molecule has 3 rings (SSSR count). The lowest BCUT2D eigenvalue weighted by Gasteiger charge is -2.11. The molecule has 0 saturated heterocycles. The zero-order valence-electron chi connectivity index (χ0n) is 16.0. The number of nitrogens with zero attached hydrogens (tertiary/aromatic N) is 4. The molecule has 1 aromatic heterocycles. The van der Waals surface area contributed by atoms with Crippen molar-refractivity contribution in [1.82, 2.24) is 15.2 Å². The molecular weight excluding hydrogens is 425 g/mol. The molecule has 0 atom stereocenters. The van der Waals surface area contributed by atoms with Gasteiger partial charge in [0.25, 0.3) is 11.5 Å². The van der Waals surface area contributed by atoms with Crippen molar-refractivity contribution in [2.24, 2.45) is 5.10 Å². The van der Waals surface area contributed by atoms with Gasteiger partial charge in [-0.25, -0.2) is 5.43 Å². The van der Waals surface area contributed by atoms with Gasteiger partial charge in [-0.05, 0) is 49.2 Å². The number of carbonyl (C=O) groups excluding carboxylic acids is 1. The molecule has 0 radical (unpaired) electrons. The van der Waals surface area contributed by atoms with Gasteiger partial charge in [0, 0.05) is 5.56 Å². The third kappa shape index (κ3) is 4.40. The van der Waals surface area contributed by atoms with Crippen LogP contribution < -0.4 is 11.0 Å². The van der Waals surface area contributed by atoms with Crippen LogP contribution in [-0.4, -0.2) is 21.9 Å². The van der Waals surface area contributed by atoms with Crippen LogP contribution in [0.2, 0.25) is 10.0 Å². The quantitative estimate of drug-likeness (QED) is 0.493. The molecule has 0 bridgehead atoms. The summed E-state index contributed by atoms with van der Waals surface area (Å²) in [6.45, 7) is 3.35. The number of amides is 1. The van der Waals surface area contributed by atoms with E-state index in [4.69, 9.17) is 23.2 Å². The third-order valence-electron chi connectivity index (χ3n) is 4.23. The van der Waals surface area contributed by atoms with Gasteiger partial charge in [-0.1, -0.05) is 41.4 Å². The van der Waals surface area contributed by atoms with Crippen LogP contribution in [0.1, 0.15) is 32.7 Å². The number of benzene rings is 2. The number of carbonyl (C=O) groups is 1. The fraction of sp³-hybridized carbons (Fsp3) is 0.0952. The van der Waals surface area contributed by atoms with E-state index in [1.807, 2.05) is 19.1 Å². The highest BCUT2D eigenvalue weighted by molar-refractivity contribution is 6.42. The highest BCUT2D eigenvalue weighted by atomic mass is 35.5. The van der Waals surface area contributed by atoms with E-state index in [0.29, 0.717) is 21.3 Å². The third-order valence-corrected chi connectivity index (χ3v) is 4.97. The predicted molar refractivity (Wildman–Crippen MR) is 116 cm³/mol. The second-order valence-electron chi connectivity index (χ2n) is 6.39. The minimum atomic E-state index is -0.665. The van der Waals surface area contributed by atoms with Crippen molar-refractivity contribution in [3.05, 3.63) is 90.8 Å². The minimum Gasteiger partial charge on any atom is -0.266 e. The largest absolute Gasteiger partial charge is 0.292 e. The molecule has 0 aliphatic rings. The van der Waals surface area contributed by atoms with E-state index in [1.54, 1.807) is 36.4 Å². The summed E-state index contributed by atoms with van der Waals surface area (Å²) in [6.07, 6.45) is 1.39. The second kappa shape index (κ2) is 8.91. The Hall–Kier alpha value is -3.47. The van der Waals surface area contributed by atoms with Gasteiger partial charge in [-0.2, -0.15) is 20.1 Å². The van der Waals surface area contributed by atoms with Crippen molar-refractivity contribution in [1.29, 1.82) is 5.26 Å². The van der Waals surface area contributed by atoms with Crippen LogP contribution in [0.5, 0.6) is 0 Å². The Labute approximate surface area is 182 Å². The van der Waals surface area contributed by atoms with Crippen molar-refractivity contribution in [2.75, 3.05) is 0 Å². The molecular formula is C21H15Cl2N5O2. The molecule has 0 saturated carbocycles. The topological polar surface area (TPSA) is 100 Å². The maximum atomic E-state index is 12.7. The molecule has 2 aromatic carbocycles. The van der Waals surface area contributed by atoms with Crippen molar-refractivity contribution in [3.8, 4) is 11.8 Å². The summed E-state index contributed by atoms with van der Waals surface area (Å²) in [5.41, 5.74) is 3.65. The summed E-state index contributed by atoms with van der Waals surface area (Å²) in [7, 11) is 0. The lowest BCUT2D eigenvalue weighted by atomic mass is 10.1. The maximum absolute atomic E-state index is 12.7. The predicted octanol–water partition coefficient (Wildman–Crippen LogP) is 3.79. The number of hydrogen-bond acceptors (Lipinski definition) is 5. The van der Waals surface area contributed by atoms with Gasteiger partial charge in [0.15, 0.2) is 5.69 Å². The zero-order chi connectivity index (χ0) is 21.8. The first kappa shape index (κ1) is 21.2. The normalized spacial score (nSPS) is 10.8.